The number of hydrogen-bond donors (Lipinski definition) is 3. The van der Waals surface area contributed by atoms with Crippen molar-refractivity contribution in [1.29, 1.82) is 0 Å². The minimum Gasteiger partial charge on any atom is -0.370 e. The van der Waals surface area contributed by atoms with Crippen LogP contribution in [-0.4, -0.2) is 18.4 Å². The van der Waals surface area contributed by atoms with E-state index in [2.05, 4.69) is 5.32 Å². The highest BCUT2D eigenvalue weighted by Crippen LogP contribution is 2.32. The number of nitrogens with one attached hydrogen (secondary N) is 1. The summed E-state index contributed by atoms with van der Waals surface area (Å²) in [5, 5.41) is 3.50. The zero-order valence-electron chi connectivity index (χ0n) is 12.4. The van der Waals surface area contributed by atoms with Crippen molar-refractivity contribution < 1.29 is 9.59 Å². The average molecular weight is 324 g/mol. The number of halogens is 1. The molecular formula is C16H22ClN3O2. The summed E-state index contributed by atoms with van der Waals surface area (Å²) in [7, 11) is 0. The van der Waals surface area contributed by atoms with E-state index in [1.54, 1.807) is 18.2 Å². The number of amides is 2. The number of benzene rings is 1. The van der Waals surface area contributed by atoms with Crippen LogP contribution in [-0.2, 0) is 9.59 Å². The lowest BCUT2D eigenvalue weighted by atomic mass is 9.94. The van der Waals surface area contributed by atoms with Crippen molar-refractivity contribution in [2.75, 3.05) is 6.54 Å². The molecule has 22 heavy (non-hydrogen) atoms. The maximum Gasteiger partial charge on any atom is 0.223 e. The molecule has 5 nitrogen and oxygen atoms in total. The van der Waals surface area contributed by atoms with Crippen LogP contribution in [0.5, 0.6) is 0 Å². The number of rotatable bonds is 6. The topological polar surface area (TPSA) is 98.2 Å². The second kappa shape index (κ2) is 7.61. The molecule has 2 rings (SSSR count). The first-order chi connectivity index (χ1) is 10.5. The number of nitrogens with two attached hydrogens (primary N) is 2. The Labute approximate surface area is 135 Å². The molecule has 1 fully saturated rings. The molecule has 1 aliphatic carbocycles. The van der Waals surface area contributed by atoms with E-state index in [0.29, 0.717) is 11.6 Å². The number of carbonyl (C=O) groups excluding carboxylic acids is 2. The van der Waals surface area contributed by atoms with Gasteiger partial charge in [-0.05, 0) is 43.0 Å². The lowest BCUT2D eigenvalue weighted by Gasteiger charge is -2.23. The first-order valence-corrected chi connectivity index (χ1v) is 7.93. The van der Waals surface area contributed by atoms with E-state index in [-0.39, 0.29) is 24.2 Å². The SMILES string of the molecule is NC[C@H]1CCC[C@H]1C(=O)N[C@H](CC(N)=O)c1cccc(Cl)c1. The smallest absolute Gasteiger partial charge is 0.223 e. The Bertz CT molecular complexity index is 550. The van der Waals surface area contributed by atoms with Gasteiger partial charge < -0.3 is 16.8 Å². The van der Waals surface area contributed by atoms with Gasteiger partial charge in [-0.1, -0.05) is 30.2 Å². The zero-order valence-corrected chi connectivity index (χ0v) is 13.2. The van der Waals surface area contributed by atoms with Gasteiger partial charge in [0, 0.05) is 10.9 Å². The molecule has 5 N–H and O–H groups in total. The second-order valence-electron chi connectivity index (χ2n) is 5.82. The zero-order chi connectivity index (χ0) is 16.1. The third-order valence-corrected chi connectivity index (χ3v) is 4.51. The number of carbonyl (C=O) groups is 2. The molecule has 0 saturated heterocycles. The molecule has 0 bridgehead atoms. The van der Waals surface area contributed by atoms with Crippen LogP contribution in [0.2, 0.25) is 5.02 Å². The molecule has 1 aromatic carbocycles. The van der Waals surface area contributed by atoms with Crippen molar-refractivity contribution in [1.82, 2.24) is 5.32 Å². The van der Waals surface area contributed by atoms with E-state index in [1.165, 1.54) is 0 Å². The van der Waals surface area contributed by atoms with Crippen LogP contribution in [0.15, 0.2) is 24.3 Å². The predicted molar refractivity (Wildman–Crippen MR) is 86.0 cm³/mol. The summed E-state index contributed by atoms with van der Waals surface area (Å²) in [5.41, 5.74) is 11.8. The van der Waals surface area contributed by atoms with Crippen LogP contribution in [0, 0.1) is 11.8 Å². The Morgan fingerprint density at radius 1 is 1.36 bits per heavy atom. The Kier molecular flexibility index (Phi) is 5.80. The molecule has 2 amide bonds. The van der Waals surface area contributed by atoms with Gasteiger partial charge in [0.25, 0.3) is 0 Å². The van der Waals surface area contributed by atoms with Crippen molar-refractivity contribution in [3.8, 4) is 0 Å². The van der Waals surface area contributed by atoms with Crippen LogP contribution < -0.4 is 16.8 Å². The van der Waals surface area contributed by atoms with Crippen molar-refractivity contribution in [2.45, 2.75) is 31.7 Å². The molecule has 0 radical (unpaired) electrons. The van der Waals surface area contributed by atoms with Crippen molar-refractivity contribution >= 4 is 23.4 Å². The van der Waals surface area contributed by atoms with Crippen molar-refractivity contribution in [3.63, 3.8) is 0 Å². The molecule has 0 unspecified atom stereocenters. The standard InChI is InChI=1S/C16H22ClN3O2/c17-12-5-1-3-10(7-12)14(8-15(19)21)20-16(22)13-6-2-4-11(13)9-18/h1,3,5,7,11,13-14H,2,4,6,8-9,18H2,(H2,19,21)(H,20,22)/t11-,13-,14-/m1/s1. The summed E-state index contributed by atoms with van der Waals surface area (Å²) in [6, 6.07) is 6.65. The Morgan fingerprint density at radius 2 is 2.14 bits per heavy atom. The van der Waals surface area contributed by atoms with E-state index in [0.717, 1.165) is 24.8 Å². The van der Waals surface area contributed by atoms with Crippen LogP contribution in [0.1, 0.15) is 37.3 Å². The number of primary amides is 1. The summed E-state index contributed by atoms with van der Waals surface area (Å²) < 4.78 is 0. The first-order valence-electron chi connectivity index (χ1n) is 7.55. The van der Waals surface area contributed by atoms with Gasteiger partial charge in [0.05, 0.1) is 12.5 Å². The van der Waals surface area contributed by atoms with Crippen LogP contribution in [0.4, 0.5) is 0 Å². The van der Waals surface area contributed by atoms with Gasteiger partial charge in [0.15, 0.2) is 0 Å². The van der Waals surface area contributed by atoms with Crippen LogP contribution in [0.25, 0.3) is 0 Å². The van der Waals surface area contributed by atoms with E-state index in [1.807, 2.05) is 6.07 Å². The highest BCUT2D eigenvalue weighted by atomic mass is 35.5. The summed E-state index contributed by atoms with van der Waals surface area (Å²) >= 11 is 5.99. The molecule has 120 valence electrons. The third kappa shape index (κ3) is 4.21. The van der Waals surface area contributed by atoms with E-state index in [4.69, 9.17) is 23.1 Å². The fourth-order valence-electron chi connectivity index (χ4n) is 3.12. The summed E-state index contributed by atoms with van der Waals surface area (Å²) in [6.45, 7) is 0.510. The van der Waals surface area contributed by atoms with Gasteiger partial charge in [-0.25, -0.2) is 0 Å². The third-order valence-electron chi connectivity index (χ3n) is 4.27. The minimum atomic E-state index is -0.466. The maximum absolute atomic E-state index is 12.5. The average Bonchev–Trinajstić information content (AvgIpc) is 2.94. The fraction of sp³-hybridized carbons (Fsp3) is 0.500. The quantitative estimate of drug-likeness (QED) is 0.743. The minimum absolute atomic E-state index is 0.0477. The van der Waals surface area contributed by atoms with Gasteiger partial charge in [-0.2, -0.15) is 0 Å². The Morgan fingerprint density at radius 3 is 2.77 bits per heavy atom. The molecule has 0 heterocycles. The van der Waals surface area contributed by atoms with Gasteiger partial charge in [0.2, 0.25) is 11.8 Å². The lowest BCUT2D eigenvalue weighted by Crippen LogP contribution is -2.38. The highest BCUT2D eigenvalue weighted by Gasteiger charge is 2.33. The van der Waals surface area contributed by atoms with Crippen molar-refractivity contribution in [2.24, 2.45) is 23.3 Å². The molecule has 1 aromatic rings. The molecule has 1 aliphatic rings. The van der Waals surface area contributed by atoms with Gasteiger partial charge >= 0.3 is 0 Å². The van der Waals surface area contributed by atoms with E-state index in [9.17, 15) is 9.59 Å². The normalized spacial score (nSPS) is 22.3. The maximum atomic E-state index is 12.5. The summed E-state index contributed by atoms with van der Waals surface area (Å²) in [5.74, 6) is -0.389. The van der Waals surface area contributed by atoms with Gasteiger partial charge in [0.1, 0.15) is 0 Å². The first kappa shape index (κ1) is 16.8. The molecule has 3 atom stereocenters. The molecule has 1 saturated carbocycles. The summed E-state index contributed by atoms with van der Waals surface area (Å²) in [4.78, 5) is 23.8. The highest BCUT2D eigenvalue weighted by molar-refractivity contribution is 6.30. The van der Waals surface area contributed by atoms with E-state index >= 15 is 0 Å². The Balaban J connectivity index is 2.12. The molecule has 0 aromatic heterocycles. The van der Waals surface area contributed by atoms with E-state index < -0.39 is 11.9 Å². The number of hydrogen-bond acceptors (Lipinski definition) is 3. The molecule has 0 spiro atoms. The van der Waals surface area contributed by atoms with Crippen LogP contribution >= 0.6 is 11.6 Å². The summed E-state index contributed by atoms with van der Waals surface area (Å²) in [6.07, 6.45) is 2.88. The fourth-order valence-corrected chi connectivity index (χ4v) is 3.32. The Hall–Kier alpha value is -1.59. The molecule has 0 aliphatic heterocycles. The lowest BCUT2D eigenvalue weighted by molar-refractivity contribution is -0.127. The van der Waals surface area contributed by atoms with Gasteiger partial charge in [-0.15, -0.1) is 0 Å². The second-order valence-corrected chi connectivity index (χ2v) is 6.26. The van der Waals surface area contributed by atoms with Crippen LogP contribution in [0.3, 0.4) is 0 Å². The molecule has 6 heteroatoms. The monoisotopic (exact) mass is 323 g/mol. The van der Waals surface area contributed by atoms with Gasteiger partial charge in [-0.3, -0.25) is 9.59 Å². The molecular weight excluding hydrogens is 302 g/mol. The predicted octanol–water partition coefficient (Wildman–Crippen LogP) is 1.75. The van der Waals surface area contributed by atoms with Crippen molar-refractivity contribution in [3.05, 3.63) is 34.9 Å². The largest absolute Gasteiger partial charge is 0.370 e.